The number of nitrogens with zero attached hydrogens (tertiary/aromatic N) is 1. The molecule has 0 aromatic heterocycles. The Kier molecular flexibility index (Phi) is 5.01. The molecule has 0 spiro atoms. The van der Waals surface area contributed by atoms with Crippen LogP contribution in [0.5, 0.6) is 0 Å². The highest BCUT2D eigenvalue weighted by Gasteiger charge is 2.49. The number of rotatable bonds is 4. The van der Waals surface area contributed by atoms with E-state index in [2.05, 4.69) is 26.6 Å². The third kappa shape index (κ3) is 3.71. The monoisotopic (exact) mass is 433 g/mol. The third-order valence-electron chi connectivity index (χ3n) is 4.46. The number of imide groups is 1. The van der Waals surface area contributed by atoms with E-state index in [0.717, 1.165) is 14.9 Å². The lowest BCUT2D eigenvalue weighted by Gasteiger charge is -2.22. The summed E-state index contributed by atoms with van der Waals surface area (Å²) >= 11 is 3.35. The largest absolute Gasteiger partial charge is 0.325 e. The zero-order valence-corrected chi connectivity index (χ0v) is 16.3. The third-order valence-corrected chi connectivity index (χ3v) is 4.95. The predicted octanol–water partition coefficient (Wildman–Crippen LogP) is 3.30. The van der Waals surface area contributed by atoms with E-state index in [1.165, 1.54) is 31.2 Å². The Bertz CT molecular complexity index is 932. The molecule has 1 aliphatic rings. The second kappa shape index (κ2) is 7.11. The lowest BCUT2D eigenvalue weighted by molar-refractivity contribution is -0.133. The molecule has 0 saturated carbocycles. The van der Waals surface area contributed by atoms with E-state index in [1.807, 2.05) is 13.0 Å². The number of urea groups is 1. The molecule has 8 heteroatoms. The van der Waals surface area contributed by atoms with Crippen molar-refractivity contribution in [2.75, 3.05) is 11.9 Å². The summed E-state index contributed by atoms with van der Waals surface area (Å²) in [6.07, 6.45) is 0. The number of anilines is 1. The zero-order chi connectivity index (χ0) is 19.8. The van der Waals surface area contributed by atoms with Crippen LogP contribution in [0.4, 0.5) is 14.9 Å². The van der Waals surface area contributed by atoms with Crippen LogP contribution >= 0.6 is 15.9 Å². The first-order chi connectivity index (χ1) is 12.7. The average Bonchev–Trinajstić information content (AvgIpc) is 2.82. The average molecular weight is 434 g/mol. The van der Waals surface area contributed by atoms with Gasteiger partial charge < -0.3 is 10.6 Å². The summed E-state index contributed by atoms with van der Waals surface area (Å²) in [4.78, 5) is 38.3. The van der Waals surface area contributed by atoms with Gasteiger partial charge >= 0.3 is 6.03 Å². The molecule has 140 valence electrons. The molecule has 2 N–H and O–H groups in total. The highest BCUT2D eigenvalue weighted by Crippen LogP contribution is 2.29. The van der Waals surface area contributed by atoms with Crippen molar-refractivity contribution >= 4 is 39.5 Å². The van der Waals surface area contributed by atoms with Crippen LogP contribution in [0.15, 0.2) is 46.9 Å². The highest BCUT2D eigenvalue weighted by molar-refractivity contribution is 9.10. The molecule has 6 nitrogen and oxygen atoms in total. The normalized spacial score (nSPS) is 19.2. The van der Waals surface area contributed by atoms with Crippen LogP contribution in [0.2, 0.25) is 0 Å². The van der Waals surface area contributed by atoms with E-state index < -0.39 is 35.7 Å². The quantitative estimate of drug-likeness (QED) is 0.725. The number of hydrogen-bond acceptors (Lipinski definition) is 3. The van der Waals surface area contributed by atoms with Gasteiger partial charge in [-0.2, -0.15) is 0 Å². The molecule has 1 unspecified atom stereocenters. The number of halogens is 2. The lowest BCUT2D eigenvalue weighted by Crippen LogP contribution is -2.42. The maximum absolute atomic E-state index is 13.1. The van der Waals surface area contributed by atoms with E-state index in [-0.39, 0.29) is 0 Å². The van der Waals surface area contributed by atoms with Crippen molar-refractivity contribution < 1.29 is 18.8 Å². The second-order valence-electron chi connectivity index (χ2n) is 6.46. The Labute approximate surface area is 163 Å². The number of amides is 4. The predicted molar refractivity (Wildman–Crippen MR) is 102 cm³/mol. The minimum absolute atomic E-state index is 0.420. The van der Waals surface area contributed by atoms with Crippen LogP contribution in [0.25, 0.3) is 0 Å². The van der Waals surface area contributed by atoms with Crippen LogP contribution in [0.3, 0.4) is 0 Å². The van der Waals surface area contributed by atoms with Crippen LogP contribution in [0, 0.1) is 12.7 Å². The van der Waals surface area contributed by atoms with Gasteiger partial charge in [-0.3, -0.25) is 14.5 Å². The first-order valence-corrected chi connectivity index (χ1v) is 8.96. The van der Waals surface area contributed by atoms with Gasteiger partial charge in [-0.25, -0.2) is 9.18 Å². The molecule has 0 aliphatic carbocycles. The molecule has 1 atom stereocenters. The fourth-order valence-corrected chi connectivity index (χ4v) is 3.40. The summed E-state index contributed by atoms with van der Waals surface area (Å²) in [6.45, 7) is 2.94. The molecular weight excluding hydrogens is 417 g/mol. The SMILES string of the molecule is Cc1cc(Br)ccc1NC(=O)CN1C(=O)NC(C)(c2ccc(F)cc2)C1=O. The Morgan fingerprint density at radius 1 is 1.22 bits per heavy atom. The number of benzene rings is 2. The smallest absolute Gasteiger partial charge is 0.324 e. The summed E-state index contributed by atoms with van der Waals surface area (Å²) in [7, 11) is 0. The molecule has 2 aromatic carbocycles. The maximum atomic E-state index is 13.1. The number of nitrogens with one attached hydrogen (secondary N) is 2. The standard InChI is InChI=1S/C19H17BrFN3O3/c1-11-9-13(20)5-8-15(11)22-16(25)10-24-17(26)19(2,23-18(24)27)12-3-6-14(21)7-4-12/h3-9H,10H2,1-2H3,(H,22,25)(H,23,27). The Hall–Kier alpha value is -2.74. The van der Waals surface area contributed by atoms with Crippen molar-refractivity contribution in [3.63, 3.8) is 0 Å². The molecule has 2 aromatic rings. The summed E-state index contributed by atoms with van der Waals surface area (Å²) in [6, 6.07) is 9.97. The van der Waals surface area contributed by atoms with Crippen LogP contribution < -0.4 is 10.6 Å². The summed E-state index contributed by atoms with van der Waals surface area (Å²) in [5.74, 6) is -1.51. The van der Waals surface area contributed by atoms with Gasteiger partial charge in [0.15, 0.2) is 0 Å². The van der Waals surface area contributed by atoms with Crippen LogP contribution in [-0.4, -0.2) is 29.3 Å². The highest BCUT2D eigenvalue weighted by atomic mass is 79.9. The molecular formula is C19H17BrFN3O3. The molecule has 27 heavy (non-hydrogen) atoms. The van der Waals surface area contributed by atoms with Crippen molar-refractivity contribution in [2.45, 2.75) is 19.4 Å². The van der Waals surface area contributed by atoms with Gasteiger partial charge in [0.1, 0.15) is 17.9 Å². The fraction of sp³-hybridized carbons (Fsp3) is 0.211. The second-order valence-corrected chi connectivity index (χ2v) is 7.38. The van der Waals surface area contributed by atoms with E-state index in [0.29, 0.717) is 11.3 Å². The minimum Gasteiger partial charge on any atom is -0.324 e. The number of aryl methyl sites for hydroxylation is 1. The molecule has 1 aliphatic heterocycles. The first kappa shape index (κ1) is 19.0. The molecule has 1 saturated heterocycles. The number of carbonyl (C=O) groups is 3. The summed E-state index contributed by atoms with van der Waals surface area (Å²) in [5.41, 5.74) is 0.523. The van der Waals surface area contributed by atoms with Gasteiger partial charge in [-0.1, -0.05) is 28.1 Å². The van der Waals surface area contributed by atoms with E-state index in [9.17, 15) is 18.8 Å². The summed E-state index contributed by atoms with van der Waals surface area (Å²) < 4.78 is 14.0. The molecule has 4 amide bonds. The molecule has 0 bridgehead atoms. The van der Waals surface area contributed by atoms with Crippen molar-refractivity contribution in [3.05, 3.63) is 63.9 Å². The van der Waals surface area contributed by atoms with Gasteiger partial charge in [-0.05, 0) is 55.3 Å². The Morgan fingerprint density at radius 3 is 2.52 bits per heavy atom. The van der Waals surface area contributed by atoms with Crippen LogP contribution in [0.1, 0.15) is 18.1 Å². The van der Waals surface area contributed by atoms with Gasteiger partial charge in [0.25, 0.3) is 5.91 Å². The molecule has 1 heterocycles. The zero-order valence-electron chi connectivity index (χ0n) is 14.7. The van der Waals surface area contributed by atoms with Gasteiger partial charge in [0.05, 0.1) is 0 Å². The Balaban J connectivity index is 1.75. The van der Waals surface area contributed by atoms with Gasteiger partial charge in [-0.15, -0.1) is 0 Å². The van der Waals surface area contributed by atoms with Crippen LogP contribution in [-0.2, 0) is 15.1 Å². The van der Waals surface area contributed by atoms with E-state index >= 15 is 0 Å². The van der Waals surface area contributed by atoms with Crippen molar-refractivity contribution in [3.8, 4) is 0 Å². The molecule has 1 fully saturated rings. The fourth-order valence-electron chi connectivity index (χ4n) is 2.92. The van der Waals surface area contributed by atoms with Gasteiger partial charge in [0.2, 0.25) is 5.91 Å². The molecule has 0 radical (unpaired) electrons. The van der Waals surface area contributed by atoms with E-state index in [1.54, 1.807) is 12.1 Å². The number of hydrogen-bond donors (Lipinski definition) is 2. The first-order valence-electron chi connectivity index (χ1n) is 8.17. The minimum atomic E-state index is -1.35. The van der Waals surface area contributed by atoms with Crippen molar-refractivity contribution in [2.24, 2.45) is 0 Å². The Morgan fingerprint density at radius 2 is 1.89 bits per heavy atom. The van der Waals surface area contributed by atoms with E-state index in [4.69, 9.17) is 0 Å². The topological polar surface area (TPSA) is 78.5 Å². The maximum Gasteiger partial charge on any atom is 0.325 e. The van der Waals surface area contributed by atoms with Crippen molar-refractivity contribution in [1.29, 1.82) is 0 Å². The molecule has 3 rings (SSSR count). The van der Waals surface area contributed by atoms with Crippen molar-refractivity contribution in [1.82, 2.24) is 10.2 Å². The summed E-state index contributed by atoms with van der Waals surface area (Å²) in [5, 5.41) is 5.28. The van der Waals surface area contributed by atoms with Gasteiger partial charge in [0, 0.05) is 10.2 Å². The number of carbonyl (C=O) groups excluding carboxylic acids is 3. The lowest BCUT2D eigenvalue weighted by atomic mass is 9.92.